The molecule has 0 saturated carbocycles. The van der Waals surface area contributed by atoms with E-state index in [-0.39, 0.29) is 18.6 Å². The number of hydrogen-bond donors (Lipinski definition) is 2. The lowest BCUT2D eigenvalue weighted by Gasteiger charge is -2.08. The van der Waals surface area contributed by atoms with Crippen molar-refractivity contribution in [2.45, 2.75) is 33.1 Å². The molecule has 0 radical (unpaired) electrons. The molecule has 5 heteroatoms. The van der Waals surface area contributed by atoms with Gasteiger partial charge in [0.15, 0.2) is 0 Å². The van der Waals surface area contributed by atoms with E-state index in [2.05, 4.69) is 0 Å². The Hall–Kier alpha value is -1.52. The highest BCUT2D eigenvalue weighted by atomic mass is 16.5. The molecule has 0 fully saturated rings. The summed E-state index contributed by atoms with van der Waals surface area (Å²) < 4.78 is 4.96. The fourth-order valence-electron chi connectivity index (χ4n) is 1.01. The fourth-order valence-corrected chi connectivity index (χ4v) is 1.01. The lowest BCUT2D eigenvalue weighted by atomic mass is 10.1. The van der Waals surface area contributed by atoms with Crippen molar-refractivity contribution in [3.63, 3.8) is 0 Å². The van der Waals surface area contributed by atoms with Gasteiger partial charge in [0.2, 0.25) is 5.76 Å². The van der Waals surface area contributed by atoms with E-state index in [9.17, 15) is 9.59 Å². The molecular formula is C10H16O5. The summed E-state index contributed by atoms with van der Waals surface area (Å²) in [4.78, 5) is 21.5. The van der Waals surface area contributed by atoms with Crippen molar-refractivity contribution in [3.8, 4) is 0 Å². The second-order valence-corrected chi connectivity index (χ2v) is 2.97. The number of carboxylic acid groups (broad SMARTS) is 2. The van der Waals surface area contributed by atoms with Gasteiger partial charge >= 0.3 is 11.9 Å². The summed E-state index contributed by atoms with van der Waals surface area (Å²) in [6.07, 6.45) is 1.69. The van der Waals surface area contributed by atoms with Crippen molar-refractivity contribution >= 4 is 11.9 Å². The molecule has 15 heavy (non-hydrogen) atoms. The molecule has 0 saturated heterocycles. The molecule has 0 unspecified atom stereocenters. The normalized spacial score (nSPS) is 11.9. The zero-order valence-electron chi connectivity index (χ0n) is 8.95. The van der Waals surface area contributed by atoms with Gasteiger partial charge in [-0.2, -0.15) is 0 Å². The van der Waals surface area contributed by atoms with Crippen molar-refractivity contribution in [1.82, 2.24) is 0 Å². The van der Waals surface area contributed by atoms with Crippen LogP contribution in [0.2, 0.25) is 0 Å². The Morgan fingerprint density at radius 2 is 1.73 bits per heavy atom. The van der Waals surface area contributed by atoms with Gasteiger partial charge in [-0.25, -0.2) is 9.59 Å². The van der Waals surface area contributed by atoms with Gasteiger partial charge in [-0.05, 0) is 12.8 Å². The van der Waals surface area contributed by atoms with Crippen molar-refractivity contribution in [1.29, 1.82) is 0 Å². The van der Waals surface area contributed by atoms with Crippen LogP contribution in [0.3, 0.4) is 0 Å². The van der Waals surface area contributed by atoms with E-state index in [0.29, 0.717) is 6.42 Å². The monoisotopic (exact) mass is 216 g/mol. The third-order valence-corrected chi connectivity index (χ3v) is 1.82. The lowest BCUT2D eigenvalue weighted by molar-refractivity contribution is -0.139. The average Bonchev–Trinajstić information content (AvgIpc) is 2.16. The van der Waals surface area contributed by atoms with Gasteiger partial charge in [0.1, 0.15) is 0 Å². The van der Waals surface area contributed by atoms with Gasteiger partial charge in [0.25, 0.3) is 0 Å². The van der Waals surface area contributed by atoms with Crippen LogP contribution in [0.25, 0.3) is 0 Å². The van der Waals surface area contributed by atoms with Crippen LogP contribution in [0.1, 0.15) is 33.1 Å². The van der Waals surface area contributed by atoms with Crippen LogP contribution in [0.15, 0.2) is 11.3 Å². The maximum atomic E-state index is 10.8. The first-order valence-corrected chi connectivity index (χ1v) is 4.87. The number of carboxylic acids is 2. The maximum Gasteiger partial charge on any atom is 0.371 e. The molecule has 5 nitrogen and oxygen atoms in total. The molecule has 0 aliphatic carbocycles. The molecule has 0 atom stereocenters. The molecule has 0 amide bonds. The molecule has 0 aromatic heterocycles. The zero-order valence-corrected chi connectivity index (χ0v) is 8.95. The number of aliphatic carboxylic acids is 2. The average molecular weight is 216 g/mol. The largest absolute Gasteiger partial charge is 0.486 e. The molecule has 0 aliphatic heterocycles. The van der Waals surface area contributed by atoms with Crippen LogP contribution in [0, 0.1) is 0 Å². The molecule has 0 spiro atoms. The first-order valence-electron chi connectivity index (χ1n) is 4.87. The van der Waals surface area contributed by atoms with E-state index in [0.717, 1.165) is 6.42 Å². The fraction of sp³-hybridized carbons (Fsp3) is 0.600. The van der Waals surface area contributed by atoms with E-state index in [1.165, 1.54) is 0 Å². The highest BCUT2D eigenvalue weighted by Gasteiger charge is 2.20. The first kappa shape index (κ1) is 13.5. The predicted molar refractivity (Wildman–Crippen MR) is 53.4 cm³/mol. The van der Waals surface area contributed by atoms with Gasteiger partial charge in [-0.3, -0.25) is 0 Å². The Bertz CT molecular complexity index is 267. The first-order chi connectivity index (χ1) is 7.04. The minimum absolute atomic E-state index is 0.128. The van der Waals surface area contributed by atoms with Crippen LogP contribution in [0.5, 0.6) is 0 Å². The van der Waals surface area contributed by atoms with E-state index in [4.69, 9.17) is 14.9 Å². The second kappa shape index (κ2) is 6.86. The zero-order chi connectivity index (χ0) is 11.8. The molecule has 0 heterocycles. The Morgan fingerprint density at radius 3 is 2.07 bits per heavy atom. The van der Waals surface area contributed by atoms with Crippen LogP contribution < -0.4 is 0 Å². The topological polar surface area (TPSA) is 83.8 Å². The summed E-state index contributed by atoms with van der Waals surface area (Å²) in [6.45, 7) is 3.75. The molecular weight excluding hydrogens is 200 g/mol. The minimum atomic E-state index is -1.33. The minimum Gasteiger partial charge on any atom is -0.486 e. The molecule has 0 bridgehead atoms. The molecule has 0 rings (SSSR count). The maximum absolute atomic E-state index is 10.8. The van der Waals surface area contributed by atoms with Gasteiger partial charge in [-0.15, -0.1) is 0 Å². The van der Waals surface area contributed by atoms with Crippen LogP contribution >= 0.6 is 0 Å². The van der Waals surface area contributed by atoms with Gasteiger partial charge in [0, 0.05) is 0 Å². The molecule has 0 aliphatic rings. The summed E-state index contributed by atoms with van der Waals surface area (Å²) >= 11 is 0. The van der Waals surface area contributed by atoms with Crippen LogP contribution in [-0.2, 0) is 14.3 Å². The summed E-state index contributed by atoms with van der Waals surface area (Å²) in [5.74, 6) is -3.02. The second-order valence-electron chi connectivity index (χ2n) is 2.97. The lowest BCUT2D eigenvalue weighted by Crippen LogP contribution is -2.14. The SMILES string of the molecule is CCCCO/C(C(=O)O)=C(\CC)C(=O)O. The standard InChI is InChI=1S/C10H16O5/c1-3-5-6-15-8(10(13)14)7(4-2)9(11)12/h3-6H2,1-2H3,(H,11,12)(H,13,14)/b8-7+. The number of unbranched alkanes of at least 4 members (excludes halogenated alkanes) is 1. The van der Waals surface area contributed by atoms with Gasteiger partial charge in [0.05, 0.1) is 12.2 Å². The number of hydrogen-bond acceptors (Lipinski definition) is 3. The number of ether oxygens (including phenoxy) is 1. The summed E-state index contributed by atoms with van der Waals surface area (Å²) in [7, 11) is 0. The van der Waals surface area contributed by atoms with Crippen molar-refractivity contribution in [2.24, 2.45) is 0 Å². The molecule has 2 N–H and O–H groups in total. The molecule has 0 aromatic rings. The van der Waals surface area contributed by atoms with Crippen molar-refractivity contribution < 1.29 is 24.5 Å². The molecule has 0 aromatic carbocycles. The van der Waals surface area contributed by atoms with Gasteiger partial charge < -0.3 is 14.9 Å². The summed E-state index contributed by atoms with van der Waals surface area (Å²) in [5.41, 5.74) is -0.196. The smallest absolute Gasteiger partial charge is 0.371 e. The predicted octanol–water partition coefficient (Wildman–Crippen LogP) is 1.64. The number of rotatable bonds is 7. The summed E-state index contributed by atoms with van der Waals surface area (Å²) in [6, 6.07) is 0. The highest BCUT2D eigenvalue weighted by molar-refractivity contribution is 5.97. The third kappa shape index (κ3) is 4.49. The van der Waals surface area contributed by atoms with E-state index >= 15 is 0 Å². The Morgan fingerprint density at radius 1 is 1.13 bits per heavy atom. The highest BCUT2D eigenvalue weighted by Crippen LogP contribution is 2.12. The molecule has 86 valence electrons. The van der Waals surface area contributed by atoms with Gasteiger partial charge in [-0.1, -0.05) is 20.3 Å². The van der Waals surface area contributed by atoms with E-state index in [1.807, 2.05) is 6.92 Å². The Labute approximate surface area is 88.4 Å². The quantitative estimate of drug-likeness (QED) is 0.384. The Balaban J connectivity index is 4.75. The van der Waals surface area contributed by atoms with Crippen molar-refractivity contribution in [3.05, 3.63) is 11.3 Å². The Kier molecular flexibility index (Phi) is 6.17. The third-order valence-electron chi connectivity index (χ3n) is 1.82. The van der Waals surface area contributed by atoms with Crippen LogP contribution in [-0.4, -0.2) is 28.8 Å². The van der Waals surface area contributed by atoms with E-state index in [1.54, 1.807) is 6.92 Å². The summed E-state index contributed by atoms with van der Waals surface area (Å²) in [5, 5.41) is 17.5. The number of carbonyl (C=O) groups is 2. The van der Waals surface area contributed by atoms with Crippen molar-refractivity contribution in [2.75, 3.05) is 6.61 Å². The van der Waals surface area contributed by atoms with E-state index < -0.39 is 17.7 Å². The van der Waals surface area contributed by atoms with Crippen LogP contribution in [0.4, 0.5) is 0 Å².